The molecule has 0 bridgehead atoms. The number of amides is 1. The number of hydrogen-bond donors (Lipinski definition) is 1. The van der Waals surface area contributed by atoms with Crippen LogP contribution in [-0.4, -0.2) is 72.7 Å². The van der Waals surface area contributed by atoms with Crippen LogP contribution < -0.4 is 4.90 Å². The molecule has 138 valence electrons. The van der Waals surface area contributed by atoms with Gasteiger partial charge in [-0.2, -0.15) is 0 Å². The Hall–Kier alpha value is -1.59. The van der Waals surface area contributed by atoms with Crippen molar-refractivity contribution in [1.82, 2.24) is 9.80 Å². The predicted octanol–water partition coefficient (Wildman–Crippen LogP) is 2.06. The van der Waals surface area contributed by atoms with Crippen LogP contribution in [0, 0.1) is 5.92 Å². The van der Waals surface area contributed by atoms with Crippen molar-refractivity contribution in [3.63, 3.8) is 0 Å². The van der Waals surface area contributed by atoms with E-state index in [4.69, 9.17) is 0 Å². The van der Waals surface area contributed by atoms with Crippen LogP contribution in [0.3, 0.4) is 0 Å². The first-order valence-electron chi connectivity index (χ1n) is 9.63. The van der Waals surface area contributed by atoms with E-state index in [-0.39, 0.29) is 17.9 Å². The van der Waals surface area contributed by atoms with Gasteiger partial charge in [0, 0.05) is 56.4 Å². The lowest BCUT2D eigenvalue weighted by molar-refractivity contribution is 0.0466. The van der Waals surface area contributed by atoms with Crippen LogP contribution in [0.2, 0.25) is 0 Å². The number of carbonyl (C=O) groups is 1. The molecule has 25 heavy (non-hydrogen) atoms. The van der Waals surface area contributed by atoms with E-state index < -0.39 is 0 Å². The number of hydrogen-bond acceptors (Lipinski definition) is 4. The molecule has 5 nitrogen and oxygen atoms in total. The summed E-state index contributed by atoms with van der Waals surface area (Å²) in [5.74, 6) is 0.291. The maximum absolute atomic E-state index is 12.8. The average molecular weight is 345 g/mol. The highest BCUT2D eigenvalue weighted by molar-refractivity contribution is 5.94. The molecule has 0 aromatic heterocycles. The van der Waals surface area contributed by atoms with Crippen molar-refractivity contribution in [3.05, 3.63) is 29.8 Å². The van der Waals surface area contributed by atoms with E-state index in [1.54, 1.807) is 0 Å². The van der Waals surface area contributed by atoms with Gasteiger partial charge in [-0.3, -0.25) is 4.79 Å². The highest BCUT2D eigenvalue weighted by Gasteiger charge is 2.27. The summed E-state index contributed by atoms with van der Waals surface area (Å²) in [4.78, 5) is 19.5. The van der Waals surface area contributed by atoms with E-state index in [0.29, 0.717) is 6.54 Å². The average Bonchev–Trinajstić information content (AvgIpc) is 2.67. The quantitative estimate of drug-likeness (QED) is 0.907. The number of nitrogens with zero attached hydrogens (tertiary/aromatic N) is 3. The third-order valence-electron chi connectivity index (χ3n) is 5.73. The van der Waals surface area contributed by atoms with Crippen molar-refractivity contribution in [2.75, 3.05) is 50.7 Å². The summed E-state index contributed by atoms with van der Waals surface area (Å²) in [5.41, 5.74) is 1.95. The first-order valence-corrected chi connectivity index (χ1v) is 9.63. The van der Waals surface area contributed by atoms with E-state index in [9.17, 15) is 9.90 Å². The van der Waals surface area contributed by atoms with Gasteiger partial charge in [-0.05, 0) is 50.6 Å². The Morgan fingerprint density at radius 2 is 1.84 bits per heavy atom. The molecule has 2 heterocycles. The van der Waals surface area contributed by atoms with Gasteiger partial charge in [-0.15, -0.1) is 0 Å². The SMILES string of the molecule is CCN1CCN(c2ccc(C(=O)N3CCCC(C(C)O)C3)cc2)CC1. The zero-order chi connectivity index (χ0) is 17.8. The van der Waals surface area contributed by atoms with Crippen LogP contribution in [-0.2, 0) is 0 Å². The maximum Gasteiger partial charge on any atom is 0.253 e. The van der Waals surface area contributed by atoms with Crippen LogP contribution >= 0.6 is 0 Å². The molecule has 1 amide bonds. The molecule has 0 saturated carbocycles. The zero-order valence-electron chi connectivity index (χ0n) is 15.5. The Kier molecular flexibility index (Phi) is 5.97. The van der Waals surface area contributed by atoms with Crippen molar-refractivity contribution in [1.29, 1.82) is 0 Å². The maximum atomic E-state index is 12.8. The van der Waals surface area contributed by atoms with E-state index in [1.807, 2.05) is 24.0 Å². The predicted molar refractivity (Wildman–Crippen MR) is 101 cm³/mol. The number of aliphatic hydroxyl groups is 1. The second-order valence-electron chi connectivity index (χ2n) is 7.36. The summed E-state index contributed by atoms with van der Waals surface area (Å²) < 4.78 is 0. The molecule has 1 N–H and O–H groups in total. The highest BCUT2D eigenvalue weighted by atomic mass is 16.3. The molecule has 2 aliphatic heterocycles. The Morgan fingerprint density at radius 3 is 2.44 bits per heavy atom. The van der Waals surface area contributed by atoms with Crippen LogP contribution in [0.4, 0.5) is 5.69 Å². The van der Waals surface area contributed by atoms with Crippen molar-refractivity contribution in [2.24, 2.45) is 5.92 Å². The fourth-order valence-electron chi connectivity index (χ4n) is 3.91. The second-order valence-corrected chi connectivity index (χ2v) is 7.36. The molecule has 3 rings (SSSR count). The molecule has 0 aliphatic carbocycles. The Labute approximate surface area is 151 Å². The molecule has 1 aromatic rings. The summed E-state index contributed by atoms with van der Waals surface area (Å²) in [5, 5.41) is 9.82. The number of aliphatic hydroxyl groups excluding tert-OH is 1. The van der Waals surface area contributed by atoms with Crippen LogP contribution in [0.15, 0.2) is 24.3 Å². The van der Waals surface area contributed by atoms with Crippen molar-refractivity contribution in [2.45, 2.75) is 32.8 Å². The van der Waals surface area contributed by atoms with E-state index in [0.717, 1.165) is 57.7 Å². The monoisotopic (exact) mass is 345 g/mol. The molecule has 2 aliphatic rings. The fraction of sp³-hybridized carbons (Fsp3) is 0.650. The molecule has 1 aromatic carbocycles. The summed E-state index contributed by atoms with van der Waals surface area (Å²) in [6.07, 6.45) is 1.63. The van der Waals surface area contributed by atoms with Gasteiger partial charge in [0.05, 0.1) is 6.10 Å². The topological polar surface area (TPSA) is 47.0 Å². The molecular formula is C20H31N3O2. The largest absolute Gasteiger partial charge is 0.393 e. The molecule has 5 heteroatoms. The minimum absolute atomic E-state index is 0.0905. The van der Waals surface area contributed by atoms with E-state index in [1.165, 1.54) is 5.69 Å². The third-order valence-corrected chi connectivity index (χ3v) is 5.73. The van der Waals surface area contributed by atoms with Crippen molar-refractivity contribution in [3.8, 4) is 0 Å². The van der Waals surface area contributed by atoms with E-state index in [2.05, 4.69) is 28.9 Å². The van der Waals surface area contributed by atoms with Gasteiger partial charge in [0.15, 0.2) is 0 Å². The molecule has 2 unspecified atom stereocenters. The van der Waals surface area contributed by atoms with Gasteiger partial charge in [-0.1, -0.05) is 6.92 Å². The first kappa shape index (κ1) is 18.2. The Balaban J connectivity index is 1.61. The molecule has 0 radical (unpaired) electrons. The smallest absolute Gasteiger partial charge is 0.253 e. The number of piperidine rings is 1. The van der Waals surface area contributed by atoms with Gasteiger partial charge in [0.2, 0.25) is 0 Å². The minimum Gasteiger partial charge on any atom is -0.393 e. The number of likely N-dealkylation sites (N-methyl/N-ethyl adjacent to an activating group) is 1. The zero-order valence-corrected chi connectivity index (χ0v) is 15.5. The lowest BCUT2D eigenvalue weighted by Crippen LogP contribution is -2.46. The molecule has 2 fully saturated rings. The summed E-state index contributed by atoms with van der Waals surface area (Å²) in [6.45, 7) is 10.9. The Morgan fingerprint density at radius 1 is 1.16 bits per heavy atom. The number of carbonyl (C=O) groups excluding carboxylic acids is 1. The molecular weight excluding hydrogens is 314 g/mol. The van der Waals surface area contributed by atoms with Crippen molar-refractivity contribution < 1.29 is 9.90 Å². The standard InChI is InChI=1S/C20H31N3O2/c1-3-21-11-13-22(14-12-21)19-8-6-17(7-9-19)20(25)23-10-4-5-18(15-23)16(2)24/h6-9,16,18,24H,3-5,10-15H2,1-2H3. The Bertz CT molecular complexity index is 565. The van der Waals surface area contributed by atoms with Crippen LogP contribution in [0.1, 0.15) is 37.0 Å². The summed E-state index contributed by atoms with van der Waals surface area (Å²) in [7, 11) is 0. The number of rotatable bonds is 4. The lowest BCUT2D eigenvalue weighted by Gasteiger charge is -2.36. The summed E-state index contributed by atoms with van der Waals surface area (Å²) in [6, 6.07) is 8.06. The highest BCUT2D eigenvalue weighted by Crippen LogP contribution is 2.23. The third kappa shape index (κ3) is 4.33. The normalized spacial score (nSPS) is 23.6. The van der Waals surface area contributed by atoms with Gasteiger partial charge in [-0.25, -0.2) is 0 Å². The number of piperazine rings is 1. The van der Waals surface area contributed by atoms with Gasteiger partial charge >= 0.3 is 0 Å². The number of benzene rings is 1. The van der Waals surface area contributed by atoms with Gasteiger partial charge < -0.3 is 19.8 Å². The first-order chi connectivity index (χ1) is 12.1. The van der Waals surface area contributed by atoms with E-state index >= 15 is 0 Å². The van der Waals surface area contributed by atoms with Gasteiger partial charge in [0.25, 0.3) is 5.91 Å². The van der Waals surface area contributed by atoms with Crippen LogP contribution in [0.25, 0.3) is 0 Å². The minimum atomic E-state index is -0.347. The second kappa shape index (κ2) is 8.19. The summed E-state index contributed by atoms with van der Waals surface area (Å²) >= 11 is 0. The molecule has 2 saturated heterocycles. The van der Waals surface area contributed by atoms with Gasteiger partial charge in [0.1, 0.15) is 0 Å². The molecule has 2 atom stereocenters. The van der Waals surface area contributed by atoms with Crippen molar-refractivity contribution >= 4 is 11.6 Å². The van der Waals surface area contributed by atoms with Crippen LogP contribution in [0.5, 0.6) is 0 Å². The lowest BCUT2D eigenvalue weighted by atomic mass is 9.93. The molecule has 0 spiro atoms. The fourth-order valence-corrected chi connectivity index (χ4v) is 3.91. The number of anilines is 1. The number of likely N-dealkylation sites (tertiary alicyclic amines) is 1.